The second-order valence-corrected chi connectivity index (χ2v) is 8.22. The Morgan fingerprint density at radius 1 is 1.25 bits per heavy atom. The molecule has 1 fully saturated rings. The average molecular weight is 330 g/mol. The predicted molar refractivity (Wildman–Crippen MR) is 96.1 cm³/mol. The largest absolute Gasteiger partial charge is 0.378 e. The minimum Gasteiger partial charge on any atom is -0.378 e. The molecule has 1 aromatic rings. The summed E-state index contributed by atoms with van der Waals surface area (Å²) in [5, 5.41) is 6.35. The molecule has 1 saturated heterocycles. The van der Waals surface area contributed by atoms with Gasteiger partial charge < -0.3 is 15.4 Å². The van der Waals surface area contributed by atoms with Crippen LogP contribution >= 0.6 is 0 Å². The summed E-state index contributed by atoms with van der Waals surface area (Å²) in [5.41, 5.74) is 2.71. The van der Waals surface area contributed by atoms with Crippen molar-refractivity contribution in [2.24, 2.45) is 5.92 Å². The van der Waals surface area contributed by atoms with Crippen LogP contribution in [0.2, 0.25) is 0 Å². The van der Waals surface area contributed by atoms with E-state index < -0.39 is 0 Å². The lowest BCUT2D eigenvalue weighted by Gasteiger charge is -2.32. The van der Waals surface area contributed by atoms with Crippen LogP contribution in [0.5, 0.6) is 0 Å². The van der Waals surface area contributed by atoms with Crippen LogP contribution in [-0.4, -0.2) is 24.8 Å². The van der Waals surface area contributed by atoms with E-state index in [0.29, 0.717) is 5.92 Å². The maximum absolute atomic E-state index is 12.5. The number of hydrogen-bond donors (Lipinski definition) is 2. The second-order valence-electron chi connectivity index (χ2n) is 8.22. The highest BCUT2D eigenvalue weighted by atomic mass is 16.5. The van der Waals surface area contributed by atoms with Crippen LogP contribution in [0, 0.1) is 5.92 Å². The van der Waals surface area contributed by atoms with E-state index in [1.165, 1.54) is 11.1 Å². The van der Waals surface area contributed by atoms with Gasteiger partial charge in [-0.1, -0.05) is 52.0 Å². The number of benzene rings is 1. The number of hydrogen-bond acceptors (Lipinski definition) is 2. The first-order valence-electron chi connectivity index (χ1n) is 9.15. The van der Waals surface area contributed by atoms with Crippen molar-refractivity contribution in [3.05, 3.63) is 35.4 Å². The van der Waals surface area contributed by atoms with Crippen molar-refractivity contribution in [1.29, 1.82) is 0 Å². The molecular weight excluding hydrogens is 300 g/mol. The van der Waals surface area contributed by atoms with Gasteiger partial charge >= 0.3 is 6.03 Å². The number of amides is 2. The monoisotopic (exact) mass is 330 g/mol. The number of rotatable bonds is 3. The van der Waals surface area contributed by atoms with Crippen LogP contribution in [-0.2, 0) is 10.2 Å². The van der Waals surface area contributed by atoms with E-state index >= 15 is 0 Å². The van der Waals surface area contributed by atoms with Crippen LogP contribution in [0.25, 0.3) is 0 Å². The number of carbonyl (C=O) groups is 1. The van der Waals surface area contributed by atoms with Crippen molar-refractivity contribution in [1.82, 2.24) is 10.6 Å². The number of nitrogens with one attached hydrogen (secondary N) is 2. The summed E-state index contributed by atoms with van der Waals surface area (Å²) < 4.78 is 5.79. The third-order valence-electron chi connectivity index (χ3n) is 5.48. The first-order chi connectivity index (χ1) is 11.4. The highest BCUT2D eigenvalue weighted by molar-refractivity contribution is 5.75. The number of ether oxygens (including phenoxy) is 1. The van der Waals surface area contributed by atoms with E-state index in [1.54, 1.807) is 0 Å². The Balaban J connectivity index is 1.60. The fourth-order valence-corrected chi connectivity index (χ4v) is 4.09. The summed E-state index contributed by atoms with van der Waals surface area (Å²) in [4.78, 5) is 12.5. The highest BCUT2D eigenvalue weighted by Crippen LogP contribution is 2.44. The standard InChI is InChI=1S/C20H30N2O2/c1-13(2)18-11-14(9-10-24-18)21-19(23)22-17-12-20(3,4)16-8-6-5-7-15(16)17/h5-8,13-14,17-18H,9-12H2,1-4H3,(H2,21,22,23). The Bertz CT molecular complexity index is 597. The molecule has 1 aromatic carbocycles. The lowest BCUT2D eigenvalue weighted by molar-refractivity contribution is -0.0225. The van der Waals surface area contributed by atoms with Crippen molar-refractivity contribution in [3.63, 3.8) is 0 Å². The van der Waals surface area contributed by atoms with Gasteiger partial charge in [0.1, 0.15) is 0 Å². The predicted octanol–water partition coefficient (Wildman–Crippen LogP) is 3.91. The molecule has 4 nitrogen and oxygen atoms in total. The summed E-state index contributed by atoms with van der Waals surface area (Å²) >= 11 is 0. The summed E-state index contributed by atoms with van der Waals surface area (Å²) in [6, 6.07) is 8.70. The Labute approximate surface area is 145 Å². The smallest absolute Gasteiger partial charge is 0.315 e. The van der Waals surface area contributed by atoms with Crippen LogP contribution in [0.4, 0.5) is 4.79 Å². The van der Waals surface area contributed by atoms with Gasteiger partial charge in [0, 0.05) is 12.6 Å². The quantitative estimate of drug-likeness (QED) is 0.883. The average Bonchev–Trinajstić information content (AvgIpc) is 2.79. The van der Waals surface area contributed by atoms with Crippen molar-refractivity contribution in [3.8, 4) is 0 Å². The Morgan fingerprint density at radius 3 is 2.75 bits per heavy atom. The Morgan fingerprint density at radius 2 is 2.00 bits per heavy atom. The molecule has 0 aromatic heterocycles. The van der Waals surface area contributed by atoms with Crippen molar-refractivity contribution in [2.45, 2.75) is 70.6 Å². The molecule has 132 valence electrons. The fourth-order valence-electron chi connectivity index (χ4n) is 4.09. The zero-order chi connectivity index (χ0) is 17.3. The van der Waals surface area contributed by atoms with E-state index in [2.05, 4.69) is 62.6 Å². The van der Waals surface area contributed by atoms with Crippen LogP contribution < -0.4 is 10.6 Å². The number of urea groups is 1. The molecule has 0 bridgehead atoms. The maximum atomic E-state index is 12.5. The van der Waals surface area contributed by atoms with Gasteiger partial charge in [0.2, 0.25) is 0 Å². The third kappa shape index (κ3) is 3.59. The first-order valence-corrected chi connectivity index (χ1v) is 9.15. The SMILES string of the molecule is CC(C)C1CC(NC(=O)NC2CC(C)(C)c3ccccc32)CCO1. The summed E-state index contributed by atoms with van der Waals surface area (Å²) in [6.45, 7) is 9.57. The molecule has 1 aliphatic carbocycles. The van der Waals surface area contributed by atoms with Gasteiger partial charge in [0.25, 0.3) is 0 Å². The van der Waals surface area contributed by atoms with Gasteiger partial charge in [-0.3, -0.25) is 0 Å². The molecule has 4 heteroatoms. The van der Waals surface area contributed by atoms with Gasteiger partial charge in [-0.2, -0.15) is 0 Å². The molecule has 3 rings (SSSR count). The van der Waals surface area contributed by atoms with Crippen LogP contribution in [0.3, 0.4) is 0 Å². The minimum absolute atomic E-state index is 0.0538. The number of carbonyl (C=O) groups excluding carboxylic acids is 1. The molecule has 0 spiro atoms. The lowest BCUT2D eigenvalue weighted by Crippen LogP contribution is -2.47. The van der Waals surface area contributed by atoms with Crippen molar-refractivity contribution >= 4 is 6.03 Å². The molecule has 24 heavy (non-hydrogen) atoms. The Kier molecular flexibility index (Phi) is 4.86. The zero-order valence-electron chi connectivity index (χ0n) is 15.3. The van der Waals surface area contributed by atoms with Crippen LogP contribution in [0.1, 0.15) is 64.1 Å². The van der Waals surface area contributed by atoms with E-state index in [1.807, 2.05) is 0 Å². The van der Waals surface area contributed by atoms with Gasteiger partial charge in [0.05, 0.1) is 12.1 Å². The molecule has 2 aliphatic rings. The molecule has 1 aliphatic heterocycles. The van der Waals surface area contributed by atoms with Gasteiger partial charge in [-0.05, 0) is 41.7 Å². The van der Waals surface area contributed by atoms with E-state index in [9.17, 15) is 4.79 Å². The van der Waals surface area contributed by atoms with Gasteiger partial charge in [-0.15, -0.1) is 0 Å². The van der Waals surface area contributed by atoms with Crippen LogP contribution in [0.15, 0.2) is 24.3 Å². The molecule has 2 amide bonds. The van der Waals surface area contributed by atoms with Crippen molar-refractivity contribution < 1.29 is 9.53 Å². The first kappa shape index (κ1) is 17.3. The lowest BCUT2D eigenvalue weighted by atomic mass is 9.86. The molecule has 3 unspecified atom stereocenters. The highest BCUT2D eigenvalue weighted by Gasteiger charge is 2.37. The van der Waals surface area contributed by atoms with Gasteiger partial charge in [-0.25, -0.2) is 4.79 Å². The molecule has 0 saturated carbocycles. The van der Waals surface area contributed by atoms with E-state index in [4.69, 9.17) is 4.74 Å². The zero-order valence-corrected chi connectivity index (χ0v) is 15.3. The second kappa shape index (κ2) is 6.75. The van der Waals surface area contributed by atoms with E-state index in [-0.39, 0.29) is 29.6 Å². The topological polar surface area (TPSA) is 50.4 Å². The van der Waals surface area contributed by atoms with Gasteiger partial charge in [0.15, 0.2) is 0 Å². The molecular formula is C20H30N2O2. The molecule has 3 atom stereocenters. The Hall–Kier alpha value is -1.55. The number of fused-ring (bicyclic) bond motifs is 1. The molecule has 1 heterocycles. The molecule has 0 radical (unpaired) electrons. The maximum Gasteiger partial charge on any atom is 0.315 e. The fraction of sp³-hybridized carbons (Fsp3) is 0.650. The summed E-state index contributed by atoms with van der Waals surface area (Å²) in [6.07, 6.45) is 2.99. The van der Waals surface area contributed by atoms with E-state index in [0.717, 1.165) is 25.9 Å². The normalized spacial score (nSPS) is 28.5. The third-order valence-corrected chi connectivity index (χ3v) is 5.48. The molecule has 2 N–H and O–H groups in total. The minimum atomic E-state index is -0.0538. The summed E-state index contributed by atoms with van der Waals surface area (Å²) in [7, 11) is 0. The van der Waals surface area contributed by atoms with Crippen molar-refractivity contribution in [2.75, 3.05) is 6.61 Å². The summed E-state index contributed by atoms with van der Waals surface area (Å²) in [5.74, 6) is 0.486.